The van der Waals surface area contributed by atoms with Gasteiger partial charge in [-0.1, -0.05) is 12.1 Å². The Bertz CT molecular complexity index is 447. The van der Waals surface area contributed by atoms with Gasteiger partial charge in [-0.2, -0.15) is 0 Å². The third-order valence-electron chi connectivity index (χ3n) is 3.89. The highest BCUT2D eigenvalue weighted by Gasteiger charge is 2.30. The summed E-state index contributed by atoms with van der Waals surface area (Å²) in [5.74, 6) is 0.102. The van der Waals surface area contributed by atoms with Crippen molar-refractivity contribution in [2.45, 2.75) is 37.8 Å². The number of carbonyl (C=O) groups excluding carboxylic acids is 1. The van der Waals surface area contributed by atoms with E-state index in [9.17, 15) is 15.0 Å². The maximum Gasteiger partial charge on any atom is 0.223 e. The summed E-state index contributed by atoms with van der Waals surface area (Å²) in [5, 5.41) is 21.8. The minimum atomic E-state index is -0.573. The number of nitrogens with two attached hydrogens (primary N) is 1. The summed E-state index contributed by atoms with van der Waals surface area (Å²) in [6.07, 6.45) is 2.03. The normalized spacial score (nSPS) is 26.2. The van der Waals surface area contributed by atoms with Crippen molar-refractivity contribution in [3.05, 3.63) is 29.8 Å². The standard InChI is InChI=1S/C15H22N2O3/c16-13-6-3-11(9-14(13)19)15(20)17-8-7-10-1-4-12(18)5-2-10/h1-2,4-5,11,13-14,18-19H,3,6-9,16H2,(H,17,20)/t11-,13+,14+/m0/s1. The molecule has 3 atom stereocenters. The van der Waals surface area contributed by atoms with Gasteiger partial charge in [-0.15, -0.1) is 0 Å². The first kappa shape index (κ1) is 14.8. The second kappa shape index (κ2) is 6.72. The molecule has 0 saturated heterocycles. The molecule has 20 heavy (non-hydrogen) atoms. The molecule has 5 heteroatoms. The molecule has 1 aromatic carbocycles. The fraction of sp³-hybridized carbons (Fsp3) is 0.533. The van der Waals surface area contributed by atoms with Crippen LogP contribution in [0.25, 0.3) is 0 Å². The fourth-order valence-corrected chi connectivity index (χ4v) is 2.55. The molecule has 1 aliphatic carbocycles. The second-order valence-corrected chi connectivity index (χ2v) is 5.45. The molecule has 0 aliphatic heterocycles. The number of rotatable bonds is 4. The summed E-state index contributed by atoms with van der Waals surface area (Å²) in [7, 11) is 0. The van der Waals surface area contributed by atoms with Crippen LogP contribution < -0.4 is 11.1 Å². The van der Waals surface area contributed by atoms with Crippen molar-refractivity contribution in [2.24, 2.45) is 11.7 Å². The number of amides is 1. The maximum absolute atomic E-state index is 12.0. The van der Waals surface area contributed by atoms with Crippen LogP contribution in [0.3, 0.4) is 0 Å². The Morgan fingerprint density at radius 3 is 2.65 bits per heavy atom. The Balaban J connectivity index is 1.74. The Morgan fingerprint density at radius 2 is 2.00 bits per heavy atom. The predicted octanol–water partition coefficient (Wildman–Crippen LogP) is 0.539. The Morgan fingerprint density at radius 1 is 1.30 bits per heavy atom. The summed E-state index contributed by atoms with van der Waals surface area (Å²) in [6.45, 7) is 0.558. The number of hydrogen-bond acceptors (Lipinski definition) is 4. The van der Waals surface area contributed by atoms with Crippen LogP contribution in [-0.2, 0) is 11.2 Å². The van der Waals surface area contributed by atoms with Gasteiger partial charge in [0.05, 0.1) is 6.10 Å². The van der Waals surface area contributed by atoms with Crippen LogP contribution in [0.2, 0.25) is 0 Å². The minimum Gasteiger partial charge on any atom is -0.508 e. The molecule has 0 spiro atoms. The van der Waals surface area contributed by atoms with Gasteiger partial charge in [0.2, 0.25) is 5.91 Å². The molecule has 0 bridgehead atoms. The number of carbonyl (C=O) groups is 1. The van der Waals surface area contributed by atoms with Gasteiger partial charge in [0.15, 0.2) is 0 Å². The summed E-state index contributed by atoms with van der Waals surface area (Å²) in [6, 6.07) is 6.75. The molecule has 1 aromatic rings. The van der Waals surface area contributed by atoms with Crippen molar-refractivity contribution in [2.75, 3.05) is 6.54 Å². The molecule has 1 amide bonds. The van der Waals surface area contributed by atoms with Gasteiger partial charge in [0, 0.05) is 18.5 Å². The average Bonchev–Trinajstić information content (AvgIpc) is 2.44. The highest BCUT2D eigenvalue weighted by atomic mass is 16.3. The lowest BCUT2D eigenvalue weighted by molar-refractivity contribution is -0.127. The summed E-state index contributed by atoms with van der Waals surface area (Å²) in [4.78, 5) is 12.0. The van der Waals surface area contributed by atoms with E-state index in [1.807, 2.05) is 12.1 Å². The van der Waals surface area contributed by atoms with Gasteiger partial charge in [0.1, 0.15) is 5.75 Å². The molecule has 0 radical (unpaired) electrons. The molecule has 0 unspecified atom stereocenters. The van der Waals surface area contributed by atoms with Gasteiger partial charge in [-0.05, 0) is 43.4 Å². The second-order valence-electron chi connectivity index (χ2n) is 5.45. The van der Waals surface area contributed by atoms with Crippen molar-refractivity contribution < 1.29 is 15.0 Å². The number of aromatic hydroxyl groups is 1. The molecule has 5 N–H and O–H groups in total. The summed E-state index contributed by atoms with van der Waals surface area (Å²) >= 11 is 0. The van der Waals surface area contributed by atoms with Gasteiger partial charge < -0.3 is 21.3 Å². The summed E-state index contributed by atoms with van der Waals surface area (Å²) < 4.78 is 0. The molecule has 0 aromatic heterocycles. The van der Waals surface area contributed by atoms with Crippen molar-refractivity contribution in [1.29, 1.82) is 0 Å². The fourth-order valence-electron chi connectivity index (χ4n) is 2.55. The van der Waals surface area contributed by atoms with Gasteiger partial charge >= 0.3 is 0 Å². The molecule has 1 saturated carbocycles. The Hall–Kier alpha value is -1.59. The molecule has 0 heterocycles. The van der Waals surface area contributed by atoms with Gasteiger partial charge in [-0.25, -0.2) is 0 Å². The number of aliphatic hydroxyl groups excluding tert-OH is 1. The van der Waals surface area contributed by atoms with Crippen LogP contribution in [0.15, 0.2) is 24.3 Å². The highest BCUT2D eigenvalue weighted by Crippen LogP contribution is 2.23. The lowest BCUT2D eigenvalue weighted by atomic mass is 9.84. The van der Waals surface area contributed by atoms with E-state index in [0.717, 1.165) is 18.4 Å². The van der Waals surface area contributed by atoms with Crippen molar-refractivity contribution in [3.63, 3.8) is 0 Å². The van der Waals surface area contributed by atoms with E-state index >= 15 is 0 Å². The third-order valence-corrected chi connectivity index (χ3v) is 3.89. The first-order valence-electron chi connectivity index (χ1n) is 7.05. The Kier molecular flexibility index (Phi) is 4.98. The van der Waals surface area contributed by atoms with E-state index in [0.29, 0.717) is 19.4 Å². The molecule has 110 valence electrons. The van der Waals surface area contributed by atoms with Crippen LogP contribution in [-0.4, -0.2) is 34.8 Å². The van der Waals surface area contributed by atoms with E-state index in [1.54, 1.807) is 12.1 Å². The van der Waals surface area contributed by atoms with Crippen molar-refractivity contribution in [3.8, 4) is 5.75 Å². The first-order valence-corrected chi connectivity index (χ1v) is 7.05. The van der Waals surface area contributed by atoms with E-state index in [4.69, 9.17) is 5.73 Å². The zero-order valence-corrected chi connectivity index (χ0v) is 11.5. The number of nitrogens with one attached hydrogen (secondary N) is 1. The van der Waals surface area contributed by atoms with Crippen LogP contribution in [0, 0.1) is 5.92 Å². The molecule has 1 fully saturated rings. The monoisotopic (exact) mass is 278 g/mol. The molecular formula is C15H22N2O3. The molecule has 1 aliphatic rings. The van der Waals surface area contributed by atoms with Crippen molar-refractivity contribution >= 4 is 5.91 Å². The van der Waals surface area contributed by atoms with E-state index < -0.39 is 6.10 Å². The van der Waals surface area contributed by atoms with Gasteiger partial charge in [-0.3, -0.25) is 4.79 Å². The summed E-state index contributed by atoms with van der Waals surface area (Å²) in [5.41, 5.74) is 6.79. The highest BCUT2D eigenvalue weighted by molar-refractivity contribution is 5.78. The first-order chi connectivity index (χ1) is 9.56. The third kappa shape index (κ3) is 3.95. The quantitative estimate of drug-likeness (QED) is 0.646. The van der Waals surface area contributed by atoms with E-state index in [1.165, 1.54) is 0 Å². The SMILES string of the molecule is N[C@@H]1CC[C@H](C(=O)NCCc2ccc(O)cc2)C[C@H]1O. The van der Waals surface area contributed by atoms with E-state index in [2.05, 4.69) is 5.32 Å². The van der Waals surface area contributed by atoms with Crippen LogP contribution in [0.5, 0.6) is 5.75 Å². The number of phenolic OH excluding ortho intramolecular Hbond substituents is 1. The zero-order chi connectivity index (χ0) is 14.5. The minimum absolute atomic E-state index is 0.00488. The lowest BCUT2D eigenvalue weighted by Crippen LogP contribution is -2.44. The smallest absolute Gasteiger partial charge is 0.223 e. The zero-order valence-electron chi connectivity index (χ0n) is 11.5. The maximum atomic E-state index is 12.0. The molecular weight excluding hydrogens is 256 g/mol. The van der Waals surface area contributed by atoms with E-state index in [-0.39, 0.29) is 23.6 Å². The number of hydrogen-bond donors (Lipinski definition) is 4. The average molecular weight is 278 g/mol. The lowest BCUT2D eigenvalue weighted by Gasteiger charge is -2.29. The topological polar surface area (TPSA) is 95.6 Å². The van der Waals surface area contributed by atoms with Crippen LogP contribution in [0.1, 0.15) is 24.8 Å². The number of phenols is 1. The Labute approximate surface area is 118 Å². The van der Waals surface area contributed by atoms with Gasteiger partial charge in [0.25, 0.3) is 0 Å². The number of aliphatic hydroxyl groups is 1. The largest absolute Gasteiger partial charge is 0.508 e. The van der Waals surface area contributed by atoms with Crippen molar-refractivity contribution in [1.82, 2.24) is 5.32 Å². The molecule has 5 nitrogen and oxygen atoms in total. The molecule has 2 rings (SSSR count). The predicted molar refractivity (Wildman–Crippen MR) is 76.1 cm³/mol. The van der Waals surface area contributed by atoms with Crippen LogP contribution >= 0.6 is 0 Å². The van der Waals surface area contributed by atoms with Crippen LogP contribution in [0.4, 0.5) is 0 Å². The number of benzene rings is 1.